The first-order valence-corrected chi connectivity index (χ1v) is 6.92. The summed E-state index contributed by atoms with van der Waals surface area (Å²) in [5.74, 6) is -1.01. The molecular weight excluding hydrogens is 278 g/mol. The maximum Gasteiger partial charge on any atom is 0.231 e. The number of nitrogens with one attached hydrogen (secondary N) is 1. The van der Waals surface area contributed by atoms with Crippen LogP contribution >= 0.6 is 0 Å². The molecule has 0 unspecified atom stereocenters. The van der Waals surface area contributed by atoms with E-state index in [0.29, 0.717) is 12.2 Å². The molecule has 0 bridgehead atoms. The van der Waals surface area contributed by atoms with Crippen LogP contribution in [0.3, 0.4) is 0 Å². The Morgan fingerprint density at radius 3 is 2.38 bits per heavy atom. The molecule has 3 rings (SSSR count). The molecule has 21 heavy (non-hydrogen) atoms. The first kappa shape index (κ1) is 14.5. The molecule has 0 aromatic heterocycles. The first-order chi connectivity index (χ1) is 10.1. The molecular formula is C14H19NO6. The molecule has 3 aliphatic rings. The van der Waals surface area contributed by atoms with Gasteiger partial charge in [0.1, 0.15) is 18.0 Å². The van der Waals surface area contributed by atoms with Crippen molar-refractivity contribution in [2.75, 3.05) is 21.3 Å². The van der Waals surface area contributed by atoms with Gasteiger partial charge in [0, 0.05) is 21.3 Å². The quantitative estimate of drug-likeness (QED) is 0.727. The van der Waals surface area contributed by atoms with Crippen LogP contribution in [0.2, 0.25) is 0 Å². The van der Waals surface area contributed by atoms with E-state index in [1.165, 1.54) is 7.11 Å². The fraction of sp³-hybridized carbons (Fsp3) is 0.714. The Labute approximate surface area is 122 Å². The zero-order chi connectivity index (χ0) is 15.1. The number of rotatable bonds is 3. The number of carbonyl (C=O) groups excluding carboxylic acids is 2. The van der Waals surface area contributed by atoms with Crippen LogP contribution < -0.4 is 5.32 Å². The molecule has 116 valence electrons. The van der Waals surface area contributed by atoms with Gasteiger partial charge in [0.25, 0.3) is 0 Å². The number of methoxy groups -OCH3 is 3. The van der Waals surface area contributed by atoms with Crippen LogP contribution in [-0.2, 0) is 28.5 Å². The second-order valence-electron chi connectivity index (χ2n) is 5.48. The van der Waals surface area contributed by atoms with E-state index in [1.54, 1.807) is 14.2 Å². The standard InChI is InChI=1S/C14H19NO6/c1-18-10-9-7(21-14(20-3)11(10)19-2)5-4-6-8(9)13(17)15-12(6)16/h5-6,8-11,14H,4H2,1-3H3,(H,15,16,17)/t6-,8-,9+,10-,11+,14-/m0/s1. The average Bonchev–Trinajstić information content (AvgIpc) is 2.79. The summed E-state index contributed by atoms with van der Waals surface area (Å²) in [5, 5.41) is 2.40. The molecule has 0 saturated carbocycles. The van der Waals surface area contributed by atoms with Crippen molar-refractivity contribution in [1.82, 2.24) is 5.32 Å². The Morgan fingerprint density at radius 2 is 1.76 bits per heavy atom. The van der Waals surface area contributed by atoms with Crippen LogP contribution in [0.25, 0.3) is 0 Å². The lowest BCUT2D eigenvalue weighted by molar-refractivity contribution is -0.245. The minimum atomic E-state index is -0.598. The Morgan fingerprint density at radius 1 is 1.05 bits per heavy atom. The maximum atomic E-state index is 12.1. The second kappa shape index (κ2) is 5.40. The summed E-state index contributed by atoms with van der Waals surface area (Å²) >= 11 is 0. The van der Waals surface area contributed by atoms with Gasteiger partial charge in [0.2, 0.25) is 18.1 Å². The normalized spacial score (nSPS) is 41.8. The van der Waals surface area contributed by atoms with Gasteiger partial charge in [-0.15, -0.1) is 0 Å². The summed E-state index contributed by atoms with van der Waals surface area (Å²) in [6, 6.07) is 0. The first-order valence-electron chi connectivity index (χ1n) is 6.92. The van der Waals surface area contributed by atoms with Crippen molar-refractivity contribution < 1.29 is 28.5 Å². The highest BCUT2D eigenvalue weighted by Crippen LogP contribution is 2.46. The van der Waals surface area contributed by atoms with Crippen LogP contribution in [0.4, 0.5) is 0 Å². The lowest BCUT2D eigenvalue weighted by atomic mass is 9.71. The highest BCUT2D eigenvalue weighted by atomic mass is 16.7. The smallest absolute Gasteiger partial charge is 0.231 e. The van der Waals surface area contributed by atoms with Crippen molar-refractivity contribution in [3.8, 4) is 0 Å². The molecule has 6 atom stereocenters. The van der Waals surface area contributed by atoms with Crippen molar-refractivity contribution >= 4 is 11.8 Å². The molecule has 2 amide bonds. The summed E-state index contributed by atoms with van der Waals surface area (Å²) in [6.07, 6.45) is 0.861. The predicted octanol–water partition coefficient (Wildman–Crippen LogP) is -0.188. The van der Waals surface area contributed by atoms with Crippen LogP contribution in [0, 0.1) is 17.8 Å². The average molecular weight is 297 g/mol. The van der Waals surface area contributed by atoms with Gasteiger partial charge in [-0.25, -0.2) is 0 Å². The molecule has 7 nitrogen and oxygen atoms in total. The molecule has 0 aromatic rings. The Balaban J connectivity index is 1.99. The number of amides is 2. The van der Waals surface area contributed by atoms with Crippen molar-refractivity contribution in [1.29, 1.82) is 0 Å². The number of hydrogen-bond donors (Lipinski definition) is 1. The molecule has 2 aliphatic heterocycles. The number of ether oxygens (including phenoxy) is 4. The van der Waals surface area contributed by atoms with Gasteiger partial charge >= 0.3 is 0 Å². The van der Waals surface area contributed by atoms with E-state index in [0.717, 1.165) is 0 Å². The van der Waals surface area contributed by atoms with Crippen molar-refractivity contribution in [3.05, 3.63) is 11.8 Å². The van der Waals surface area contributed by atoms with E-state index in [2.05, 4.69) is 5.32 Å². The summed E-state index contributed by atoms with van der Waals surface area (Å²) in [4.78, 5) is 24.0. The molecule has 2 saturated heterocycles. The molecule has 0 spiro atoms. The minimum absolute atomic E-state index is 0.224. The Bertz CT molecular complexity index is 490. The highest BCUT2D eigenvalue weighted by Gasteiger charge is 2.57. The summed E-state index contributed by atoms with van der Waals surface area (Å²) < 4.78 is 22.1. The summed E-state index contributed by atoms with van der Waals surface area (Å²) in [5.41, 5.74) is 0. The number of allylic oxidation sites excluding steroid dienone is 1. The topological polar surface area (TPSA) is 83.1 Å². The third-order valence-corrected chi connectivity index (χ3v) is 4.58. The van der Waals surface area contributed by atoms with E-state index < -0.39 is 24.4 Å². The maximum absolute atomic E-state index is 12.1. The largest absolute Gasteiger partial charge is 0.466 e. The van der Waals surface area contributed by atoms with E-state index in [4.69, 9.17) is 18.9 Å². The second-order valence-corrected chi connectivity index (χ2v) is 5.48. The van der Waals surface area contributed by atoms with Crippen molar-refractivity contribution in [3.63, 3.8) is 0 Å². The number of carbonyl (C=O) groups is 2. The third kappa shape index (κ3) is 2.07. The van der Waals surface area contributed by atoms with E-state index >= 15 is 0 Å². The van der Waals surface area contributed by atoms with E-state index in [1.807, 2.05) is 6.08 Å². The monoisotopic (exact) mass is 297 g/mol. The zero-order valence-electron chi connectivity index (χ0n) is 12.2. The van der Waals surface area contributed by atoms with Crippen LogP contribution in [0.1, 0.15) is 6.42 Å². The van der Waals surface area contributed by atoms with Crippen LogP contribution in [0.5, 0.6) is 0 Å². The molecule has 1 aliphatic carbocycles. The van der Waals surface area contributed by atoms with Crippen molar-refractivity contribution in [2.45, 2.75) is 24.9 Å². The minimum Gasteiger partial charge on any atom is -0.466 e. The van der Waals surface area contributed by atoms with Crippen LogP contribution in [-0.4, -0.2) is 51.6 Å². The van der Waals surface area contributed by atoms with E-state index in [9.17, 15) is 9.59 Å². The summed E-state index contributed by atoms with van der Waals surface area (Å²) in [6.45, 7) is 0. The van der Waals surface area contributed by atoms with Gasteiger partial charge in [0.05, 0.1) is 17.8 Å². The Kier molecular flexibility index (Phi) is 3.73. The molecule has 7 heteroatoms. The fourth-order valence-electron chi connectivity index (χ4n) is 3.63. The van der Waals surface area contributed by atoms with Gasteiger partial charge in [-0.2, -0.15) is 0 Å². The van der Waals surface area contributed by atoms with Gasteiger partial charge in [-0.3, -0.25) is 14.9 Å². The lowest BCUT2D eigenvalue weighted by Crippen LogP contribution is -2.55. The van der Waals surface area contributed by atoms with Crippen LogP contribution in [0.15, 0.2) is 11.8 Å². The molecule has 2 fully saturated rings. The molecule has 0 radical (unpaired) electrons. The van der Waals surface area contributed by atoms with Gasteiger partial charge in [-0.1, -0.05) is 0 Å². The number of fused-ring (bicyclic) bond motifs is 3. The van der Waals surface area contributed by atoms with Crippen molar-refractivity contribution in [2.24, 2.45) is 17.8 Å². The molecule has 1 N–H and O–H groups in total. The summed E-state index contributed by atoms with van der Waals surface area (Å²) in [7, 11) is 4.63. The number of hydrogen-bond acceptors (Lipinski definition) is 6. The Hall–Kier alpha value is -1.44. The molecule has 2 heterocycles. The SMILES string of the molecule is CO[C@H]1OC2=CC[C@@H]3C(=O)NC(=O)[C@@H]3[C@@H]2[C@H](OC)[C@H]1OC. The van der Waals surface area contributed by atoms with Gasteiger partial charge in [0.15, 0.2) is 0 Å². The van der Waals surface area contributed by atoms with E-state index in [-0.39, 0.29) is 23.7 Å². The van der Waals surface area contributed by atoms with Gasteiger partial charge in [-0.05, 0) is 12.5 Å². The predicted molar refractivity (Wildman–Crippen MR) is 69.8 cm³/mol. The highest BCUT2D eigenvalue weighted by molar-refractivity contribution is 6.05. The van der Waals surface area contributed by atoms with Gasteiger partial charge < -0.3 is 18.9 Å². The number of imide groups is 1. The molecule has 0 aromatic carbocycles. The lowest BCUT2D eigenvalue weighted by Gasteiger charge is -2.45. The fourth-order valence-corrected chi connectivity index (χ4v) is 3.63. The zero-order valence-corrected chi connectivity index (χ0v) is 12.2. The third-order valence-electron chi connectivity index (χ3n) is 4.58.